The van der Waals surface area contributed by atoms with Crippen LogP contribution in [0.25, 0.3) is 0 Å². The SMILES string of the molecule is CC1CCC(CN[C@@H](C)c2cccs2)O1. The molecule has 0 bridgehead atoms. The summed E-state index contributed by atoms with van der Waals surface area (Å²) in [6.45, 7) is 5.34. The molecule has 1 fully saturated rings. The average Bonchev–Trinajstić information content (AvgIpc) is 2.84. The van der Waals surface area contributed by atoms with Crippen LogP contribution in [0.4, 0.5) is 0 Å². The van der Waals surface area contributed by atoms with Gasteiger partial charge in [-0.1, -0.05) is 6.07 Å². The first kappa shape index (κ1) is 11.1. The summed E-state index contributed by atoms with van der Waals surface area (Å²) in [5, 5.41) is 5.66. The molecule has 2 unspecified atom stereocenters. The van der Waals surface area contributed by atoms with Crippen LogP contribution in [-0.2, 0) is 4.74 Å². The lowest BCUT2D eigenvalue weighted by Gasteiger charge is -2.16. The van der Waals surface area contributed by atoms with Gasteiger partial charge in [0.25, 0.3) is 0 Å². The van der Waals surface area contributed by atoms with Crippen molar-refractivity contribution in [1.82, 2.24) is 5.32 Å². The predicted molar refractivity (Wildman–Crippen MR) is 64.3 cm³/mol. The highest BCUT2D eigenvalue weighted by Gasteiger charge is 2.21. The molecule has 1 N–H and O–H groups in total. The van der Waals surface area contributed by atoms with Gasteiger partial charge in [0, 0.05) is 17.5 Å². The number of ether oxygens (including phenoxy) is 1. The van der Waals surface area contributed by atoms with Crippen LogP contribution in [0.15, 0.2) is 17.5 Å². The number of hydrogen-bond acceptors (Lipinski definition) is 3. The number of thiophene rings is 1. The van der Waals surface area contributed by atoms with E-state index in [0.717, 1.165) is 6.54 Å². The van der Waals surface area contributed by atoms with Gasteiger partial charge in [-0.3, -0.25) is 0 Å². The summed E-state index contributed by atoms with van der Waals surface area (Å²) in [6, 6.07) is 4.73. The van der Waals surface area contributed by atoms with E-state index >= 15 is 0 Å². The number of rotatable bonds is 4. The summed E-state index contributed by atoms with van der Waals surface area (Å²) in [7, 11) is 0. The summed E-state index contributed by atoms with van der Waals surface area (Å²) in [6.07, 6.45) is 3.28. The first-order valence-electron chi connectivity index (χ1n) is 5.68. The highest BCUT2D eigenvalue weighted by Crippen LogP contribution is 2.21. The summed E-state index contributed by atoms with van der Waals surface area (Å²) >= 11 is 1.81. The maximum atomic E-state index is 5.77. The Balaban J connectivity index is 1.74. The van der Waals surface area contributed by atoms with E-state index in [1.165, 1.54) is 17.7 Å². The van der Waals surface area contributed by atoms with Crippen molar-refractivity contribution in [2.24, 2.45) is 0 Å². The second-order valence-electron chi connectivity index (χ2n) is 4.29. The van der Waals surface area contributed by atoms with Crippen molar-refractivity contribution in [1.29, 1.82) is 0 Å². The van der Waals surface area contributed by atoms with Gasteiger partial charge in [-0.2, -0.15) is 0 Å². The van der Waals surface area contributed by atoms with Gasteiger partial charge in [-0.05, 0) is 38.1 Å². The van der Waals surface area contributed by atoms with Gasteiger partial charge in [0.2, 0.25) is 0 Å². The van der Waals surface area contributed by atoms with Gasteiger partial charge in [-0.25, -0.2) is 0 Å². The van der Waals surface area contributed by atoms with Crippen molar-refractivity contribution in [3.63, 3.8) is 0 Å². The highest BCUT2D eigenvalue weighted by molar-refractivity contribution is 7.10. The quantitative estimate of drug-likeness (QED) is 0.850. The first-order chi connectivity index (χ1) is 7.25. The largest absolute Gasteiger partial charge is 0.374 e. The molecule has 3 heteroatoms. The molecule has 2 heterocycles. The van der Waals surface area contributed by atoms with E-state index in [0.29, 0.717) is 18.2 Å². The molecule has 1 aliphatic rings. The molecule has 0 aromatic carbocycles. The standard InChI is InChI=1S/C12H19NOS/c1-9-5-6-11(14-9)8-13-10(2)12-4-3-7-15-12/h3-4,7,9-11,13H,5-6,8H2,1-2H3/t9?,10-,11?/m0/s1. The fraction of sp³-hybridized carbons (Fsp3) is 0.667. The van der Waals surface area contributed by atoms with Gasteiger partial charge >= 0.3 is 0 Å². The van der Waals surface area contributed by atoms with Crippen LogP contribution >= 0.6 is 11.3 Å². The minimum absolute atomic E-state index is 0.419. The van der Waals surface area contributed by atoms with Gasteiger partial charge in [-0.15, -0.1) is 11.3 Å². The lowest BCUT2D eigenvalue weighted by Crippen LogP contribution is -2.28. The maximum absolute atomic E-state index is 5.77. The summed E-state index contributed by atoms with van der Waals surface area (Å²) in [5.41, 5.74) is 0. The van der Waals surface area contributed by atoms with E-state index in [2.05, 4.69) is 36.7 Å². The Morgan fingerprint density at radius 3 is 3.07 bits per heavy atom. The Morgan fingerprint density at radius 2 is 2.47 bits per heavy atom. The van der Waals surface area contributed by atoms with Crippen molar-refractivity contribution in [3.05, 3.63) is 22.4 Å². The van der Waals surface area contributed by atoms with Crippen molar-refractivity contribution in [2.75, 3.05) is 6.54 Å². The van der Waals surface area contributed by atoms with Gasteiger partial charge < -0.3 is 10.1 Å². The first-order valence-corrected chi connectivity index (χ1v) is 6.56. The van der Waals surface area contributed by atoms with Crippen LogP contribution in [0, 0.1) is 0 Å². The van der Waals surface area contributed by atoms with E-state index in [1.54, 1.807) is 0 Å². The lowest BCUT2D eigenvalue weighted by atomic mass is 10.2. The molecule has 2 nitrogen and oxygen atoms in total. The van der Waals surface area contributed by atoms with Crippen LogP contribution in [0.5, 0.6) is 0 Å². The molecule has 0 saturated carbocycles. The van der Waals surface area contributed by atoms with Crippen LogP contribution < -0.4 is 5.32 Å². The van der Waals surface area contributed by atoms with E-state index in [9.17, 15) is 0 Å². The molecule has 1 aliphatic heterocycles. The molecular weight excluding hydrogens is 206 g/mol. The molecule has 1 saturated heterocycles. The van der Waals surface area contributed by atoms with Crippen LogP contribution in [0.1, 0.15) is 37.6 Å². The number of hydrogen-bond donors (Lipinski definition) is 1. The van der Waals surface area contributed by atoms with Gasteiger partial charge in [0.15, 0.2) is 0 Å². The van der Waals surface area contributed by atoms with Crippen LogP contribution in [0.2, 0.25) is 0 Å². The third-order valence-electron chi connectivity index (χ3n) is 2.94. The van der Waals surface area contributed by atoms with Crippen molar-refractivity contribution in [3.8, 4) is 0 Å². The summed E-state index contributed by atoms with van der Waals surface area (Å²) in [5.74, 6) is 0. The minimum Gasteiger partial charge on any atom is -0.374 e. The molecular formula is C12H19NOS. The third kappa shape index (κ3) is 3.03. The topological polar surface area (TPSA) is 21.3 Å². The third-order valence-corrected chi connectivity index (χ3v) is 4.00. The Bertz CT molecular complexity index is 286. The van der Waals surface area contributed by atoms with Crippen LogP contribution in [-0.4, -0.2) is 18.8 Å². The van der Waals surface area contributed by atoms with E-state index < -0.39 is 0 Å². The minimum atomic E-state index is 0.419. The van der Waals surface area contributed by atoms with Crippen LogP contribution in [0.3, 0.4) is 0 Å². The van der Waals surface area contributed by atoms with Crippen molar-refractivity contribution >= 4 is 11.3 Å². The van der Waals surface area contributed by atoms with Crippen molar-refractivity contribution in [2.45, 2.75) is 44.9 Å². The maximum Gasteiger partial charge on any atom is 0.0704 e. The summed E-state index contributed by atoms with van der Waals surface area (Å²) in [4.78, 5) is 1.40. The molecule has 3 atom stereocenters. The zero-order chi connectivity index (χ0) is 10.7. The predicted octanol–water partition coefficient (Wildman–Crippen LogP) is 2.97. The Morgan fingerprint density at radius 1 is 1.60 bits per heavy atom. The zero-order valence-electron chi connectivity index (χ0n) is 9.40. The lowest BCUT2D eigenvalue weighted by molar-refractivity contribution is 0.0547. The zero-order valence-corrected chi connectivity index (χ0v) is 10.2. The van der Waals surface area contributed by atoms with E-state index in [1.807, 2.05) is 11.3 Å². The Hall–Kier alpha value is -0.380. The smallest absolute Gasteiger partial charge is 0.0704 e. The fourth-order valence-corrected chi connectivity index (χ4v) is 2.74. The molecule has 0 spiro atoms. The molecule has 1 aromatic heterocycles. The highest BCUT2D eigenvalue weighted by atomic mass is 32.1. The second kappa shape index (κ2) is 5.10. The summed E-state index contributed by atoms with van der Waals surface area (Å²) < 4.78 is 5.77. The normalized spacial score (nSPS) is 28.1. The Kier molecular flexibility index (Phi) is 3.78. The van der Waals surface area contributed by atoms with E-state index in [4.69, 9.17) is 4.74 Å². The van der Waals surface area contributed by atoms with Crippen molar-refractivity contribution < 1.29 is 4.74 Å². The second-order valence-corrected chi connectivity index (χ2v) is 5.27. The molecule has 0 aliphatic carbocycles. The average molecular weight is 225 g/mol. The molecule has 2 rings (SSSR count). The van der Waals surface area contributed by atoms with Gasteiger partial charge in [0.05, 0.1) is 12.2 Å². The van der Waals surface area contributed by atoms with Gasteiger partial charge in [0.1, 0.15) is 0 Å². The molecule has 1 aromatic rings. The fourth-order valence-electron chi connectivity index (χ4n) is 1.98. The van der Waals surface area contributed by atoms with E-state index in [-0.39, 0.29) is 0 Å². The molecule has 0 radical (unpaired) electrons. The number of nitrogens with one attached hydrogen (secondary N) is 1. The molecule has 0 amide bonds. The molecule has 15 heavy (non-hydrogen) atoms. The molecule has 84 valence electrons. The Labute approximate surface area is 95.6 Å². The monoisotopic (exact) mass is 225 g/mol.